The molecule has 0 bridgehead atoms. The van der Waals surface area contributed by atoms with Gasteiger partial charge in [-0.1, -0.05) is 6.08 Å². The number of amides is 1. The summed E-state index contributed by atoms with van der Waals surface area (Å²) in [7, 11) is 1.67. The van der Waals surface area contributed by atoms with Gasteiger partial charge in [-0.2, -0.15) is 0 Å². The molecular formula is C26H33N3O2S. The minimum atomic E-state index is -0.204. The highest BCUT2D eigenvalue weighted by atomic mass is 32.2. The number of aryl methyl sites for hydroxylation is 1. The summed E-state index contributed by atoms with van der Waals surface area (Å²) < 4.78 is 7.83. The zero-order valence-corrected chi connectivity index (χ0v) is 20.3. The fourth-order valence-electron chi connectivity index (χ4n) is 5.54. The van der Waals surface area contributed by atoms with Crippen molar-refractivity contribution in [3.8, 4) is 17.0 Å². The fourth-order valence-corrected chi connectivity index (χ4v) is 6.56. The van der Waals surface area contributed by atoms with Crippen molar-refractivity contribution in [3.05, 3.63) is 46.0 Å². The number of carbonyl (C=O) groups excluding carboxylic acids is 1. The van der Waals surface area contributed by atoms with E-state index in [2.05, 4.69) is 53.9 Å². The minimum absolute atomic E-state index is 0.181. The summed E-state index contributed by atoms with van der Waals surface area (Å²) in [5.74, 6) is 0.913. The van der Waals surface area contributed by atoms with E-state index in [9.17, 15) is 4.79 Å². The van der Waals surface area contributed by atoms with Gasteiger partial charge < -0.3 is 19.9 Å². The molecule has 3 aliphatic heterocycles. The SMILES string of the molecule is COc1cc2c(cc1N)-c1c(C3CC=CS3)c3c(n1CC2)C(=O)N(C(C)(C)C)CCCC3. The number of ether oxygens (including phenoxy) is 1. The van der Waals surface area contributed by atoms with Gasteiger partial charge in [-0.25, -0.2) is 0 Å². The second-order valence-corrected chi connectivity index (χ2v) is 11.2. The number of nitrogens with two attached hydrogens (primary N) is 1. The van der Waals surface area contributed by atoms with Crippen LogP contribution in [0.15, 0.2) is 23.6 Å². The molecule has 4 heterocycles. The smallest absolute Gasteiger partial charge is 0.271 e. The molecule has 0 aliphatic carbocycles. The van der Waals surface area contributed by atoms with Crippen LogP contribution in [0.4, 0.5) is 5.69 Å². The normalized spacial score (nSPS) is 20.4. The van der Waals surface area contributed by atoms with E-state index < -0.39 is 0 Å². The molecule has 1 aromatic heterocycles. The average molecular weight is 452 g/mol. The monoisotopic (exact) mass is 451 g/mol. The van der Waals surface area contributed by atoms with Crippen molar-refractivity contribution in [2.75, 3.05) is 19.4 Å². The van der Waals surface area contributed by atoms with Crippen molar-refractivity contribution < 1.29 is 9.53 Å². The van der Waals surface area contributed by atoms with E-state index in [1.807, 2.05) is 11.8 Å². The molecule has 1 atom stereocenters. The minimum Gasteiger partial charge on any atom is -0.495 e. The molecule has 1 amide bonds. The van der Waals surface area contributed by atoms with E-state index in [1.165, 1.54) is 27.9 Å². The fraction of sp³-hybridized carbons (Fsp3) is 0.500. The lowest BCUT2D eigenvalue weighted by molar-refractivity contribution is 0.0558. The number of methoxy groups -OCH3 is 1. The molecule has 1 aromatic carbocycles. The molecule has 2 N–H and O–H groups in total. The van der Waals surface area contributed by atoms with Crippen LogP contribution in [0.25, 0.3) is 11.3 Å². The van der Waals surface area contributed by atoms with Crippen LogP contribution in [0, 0.1) is 0 Å². The summed E-state index contributed by atoms with van der Waals surface area (Å²) in [5.41, 5.74) is 14.0. The van der Waals surface area contributed by atoms with Gasteiger partial charge in [0.2, 0.25) is 0 Å². The van der Waals surface area contributed by atoms with E-state index in [-0.39, 0.29) is 11.4 Å². The first-order valence-corrected chi connectivity index (χ1v) is 12.6. The van der Waals surface area contributed by atoms with Crippen molar-refractivity contribution >= 4 is 23.4 Å². The molecule has 0 saturated heterocycles. The van der Waals surface area contributed by atoms with Gasteiger partial charge in [0.1, 0.15) is 11.4 Å². The van der Waals surface area contributed by atoms with Crippen LogP contribution in [0.3, 0.4) is 0 Å². The van der Waals surface area contributed by atoms with Crippen molar-refractivity contribution in [1.29, 1.82) is 0 Å². The third kappa shape index (κ3) is 3.35. The molecule has 3 aliphatic rings. The highest BCUT2D eigenvalue weighted by molar-refractivity contribution is 8.02. The number of allylic oxidation sites excluding steroid dienone is 1. The van der Waals surface area contributed by atoms with Crippen LogP contribution in [0.1, 0.15) is 72.5 Å². The lowest BCUT2D eigenvalue weighted by Gasteiger charge is -2.37. The Hall–Kier alpha value is -2.34. The number of nitrogens with zero attached hydrogens (tertiary/aromatic N) is 2. The number of rotatable bonds is 2. The summed E-state index contributed by atoms with van der Waals surface area (Å²) in [6.07, 6.45) is 7.24. The number of anilines is 1. The first-order valence-electron chi connectivity index (χ1n) is 11.7. The predicted molar refractivity (Wildman–Crippen MR) is 132 cm³/mol. The summed E-state index contributed by atoms with van der Waals surface area (Å²) in [4.78, 5) is 16.1. The maximum atomic E-state index is 14.1. The molecule has 170 valence electrons. The van der Waals surface area contributed by atoms with E-state index in [0.29, 0.717) is 10.9 Å². The molecule has 0 fully saturated rings. The Kier molecular flexibility index (Phi) is 5.31. The molecule has 0 spiro atoms. The molecule has 5 nitrogen and oxygen atoms in total. The van der Waals surface area contributed by atoms with E-state index in [0.717, 1.165) is 56.6 Å². The van der Waals surface area contributed by atoms with E-state index in [4.69, 9.17) is 10.5 Å². The Morgan fingerprint density at radius 1 is 1.12 bits per heavy atom. The molecule has 32 heavy (non-hydrogen) atoms. The maximum Gasteiger partial charge on any atom is 0.271 e. The van der Waals surface area contributed by atoms with Crippen LogP contribution in [-0.2, 0) is 19.4 Å². The number of thioether (sulfide) groups is 1. The Morgan fingerprint density at radius 2 is 1.94 bits per heavy atom. The van der Waals surface area contributed by atoms with Crippen molar-refractivity contribution in [1.82, 2.24) is 9.47 Å². The predicted octanol–water partition coefficient (Wildman–Crippen LogP) is 5.57. The van der Waals surface area contributed by atoms with Crippen LogP contribution in [0.5, 0.6) is 5.75 Å². The molecule has 6 heteroatoms. The molecule has 0 saturated carbocycles. The number of hydrogen-bond donors (Lipinski definition) is 1. The van der Waals surface area contributed by atoms with Gasteiger partial charge in [-0.05, 0) is 87.1 Å². The third-order valence-corrected chi connectivity index (χ3v) is 8.15. The first-order chi connectivity index (χ1) is 15.3. The lowest BCUT2D eigenvalue weighted by atomic mass is 9.91. The summed E-state index contributed by atoms with van der Waals surface area (Å²) in [5, 5.41) is 2.56. The maximum absolute atomic E-state index is 14.1. The highest BCUT2D eigenvalue weighted by Crippen LogP contribution is 2.50. The topological polar surface area (TPSA) is 60.5 Å². The number of fused-ring (bicyclic) bond motifs is 5. The number of hydrogen-bond acceptors (Lipinski definition) is 4. The Bertz CT molecular complexity index is 1100. The van der Waals surface area contributed by atoms with Gasteiger partial charge in [0.25, 0.3) is 5.91 Å². The summed E-state index contributed by atoms with van der Waals surface area (Å²) in [6.45, 7) is 8.06. The van der Waals surface area contributed by atoms with Crippen molar-refractivity contribution in [2.24, 2.45) is 0 Å². The lowest BCUT2D eigenvalue weighted by Crippen LogP contribution is -2.47. The zero-order valence-electron chi connectivity index (χ0n) is 19.5. The number of aromatic nitrogens is 1. The van der Waals surface area contributed by atoms with Crippen LogP contribution in [-0.4, -0.2) is 34.6 Å². The van der Waals surface area contributed by atoms with Crippen molar-refractivity contribution in [3.63, 3.8) is 0 Å². The second-order valence-electron chi connectivity index (χ2n) is 10.1. The summed E-state index contributed by atoms with van der Waals surface area (Å²) in [6, 6.07) is 4.15. The largest absolute Gasteiger partial charge is 0.495 e. The molecule has 5 rings (SSSR count). The van der Waals surface area contributed by atoms with Crippen LogP contribution < -0.4 is 10.5 Å². The van der Waals surface area contributed by atoms with Gasteiger partial charge in [0.15, 0.2) is 0 Å². The molecule has 2 aromatic rings. The number of carbonyl (C=O) groups is 1. The zero-order chi connectivity index (χ0) is 22.6. The molecular weight excluding hydrogens is 418 g/mol. The third-order valence-electron chi connectivity index (χ3n) is 7.05. The van der Waals surface area contributed by atoms with Crippen LogP contribution >= 0.6 is 11.8 Å². The van der Waals surface area contributed by atoms with Gasteiger partial charge in [0, 0.05) is 29.4 Å². The Morgan fingerprint density at radius 3 is 2.62 bits per heavy atom. The molecule has 0 radical (unpaired) electrons. The quantitative estimate of drug-likeness (QED) is 0.606. The standard InChI is InChI=1S/C26H33N3O2S/c1-26(2,3)29-11-6-5-8-17-22(21-9-7-13-32-21)23-18-15-19(27)20(31-4)14-16(18)10-12-28(23)24(17)25(29)30/h7,13-15,21H,5-6,8-12,27H2,1-4H3. The van der Waals surface area contributed by atoms with Gasteiger partial charge in [0.05, 0.1) is 18.5 Å². The van der Waals surface area contributed by atoms with Crippen molar-refractivity contribution in [2.45, 2.75) is 70.2 Å². The van der Waals surface area contributed by atoms with Gasteiger partial charge >= 0.3 is 0 Å². The Balaban J connectivity index is 1.78. The van der Waals surface area contributed by atoms with Crippen LogP contribution in [0.2, 0.25) is 0 Å². The second kappa shape index (κ2) is 7.91. The highest BCUT2D eigenvalue weighted by Gasteiger charge is 2.38. The number of benzene rings is 1. The van der Waals surface area contributed by atoms with E-state index in [1.54, 1.807) is 7.11 Å². The van der Waals surface area contributed by atoms with Gasteiger partial charge in [-0.3, -0.25) is 4.79 Å². The van der Waals surface area contributed by atoms with Gasteiger partial charge in [-0.15, -0.1) is 11.8 Å². The molecule has 1 unspecified atom stereocenters. The average Bonchev–Trinajstić information content (AvgIpc) is 3.36. The first kappa shape index (κ1) is 21.5. The summed E-state index contributed by atoms with van der Waals surface area (Å²) >= 11 is 1.88. The number of nitrogen functional groups attached to an aromatic ring is 1. The Labute approximate surface area is 195 Å². The van der Waals surface area contributed by atoms with E-state index >= 15 is 0 Å².